The first-order chi connectivity index (χ1) is 9.51. The first kappa shape index (κ1) is 9.10. The molecular formula is C12H20BN3O2. The van der Waals surface area contributed by atoms with Crippen LogP contribution in [-0.2, 0) is 16.3 Å². The Kier molecular flexibility index (Phi) is 1.81. The SMILES string of the molecule is [2H]C([2H])([2H])n1ncc([C@H]2C[C@@H]2B2OC(C)(C)C(C)(C)O2)n1. The fourth-order valence-corrected chi connectivity index (χ4v) is 2.36. The van der Waals surface area contributed by atoms with Gasteiger partial charge in [0.15, 0.2) is 0 Å². The van der Waals surface area contributed by atoms with Crippen LogP contribution in [0.1, 0.15) is 49.8 Å². The molecule has 3 rings (SSSR count). The van der Waals surface area contributed by atoms with E-state index in [1.54, 1.807) is 0 Å². The number of rotatable bonds is 2. The Morgan fingerprint density at radius 1 is 1.39 bits per heavy atom. The molecule has 2 heterocycles. The second-order valence-electron chi connectivity index (χ2n) is 6.19. The Hall–Kier alpha value is -0.875. The minimum Gasteiger partial charge on any atom is -0.403 e. The summed E-state index contributed by atoms with van der Waals surface area (Å²) in [5.41, 5.74) is 0.00760. The van der Waals surface area contributed by atoms with Crippen molar-refractivity contribution in [1.29, 1.82) is 0 Å². The minimum absolute atomic E-state index is 0.163. The number of nitrogens with zero attached hydrogens (tertiary/aromatic N) is 3. The van der Waals surface area contributed by atoms with Crippen molar-refractivity contribution < 1.29 is 13.4 Å². The molecule has 0 radical (unpaired) electrons. The highest BCUT2D eigenvalue weighted by Crippen LogP contribution is 2.57. The first-order valence-corrected chi connectivity index (χ1v) is 6.30. The van der Waals surface area contributed by atoms with Crippen molar-refractivity contribution in [2.45, 2.75) is 57.1 Å². The van der Waals surface area contributed by atoms with Crippen LogP contribution in [0.3, 0.4) is 0 Å². The normalized spacial score (nSPS) is 36.0. The molecule has 0 unspecified atom stereocenters. The molecule has 6 heteroatoms. The lowest BCUT2D eigenvalue weighted by Gasteiger charge is -2.32. The van der Waals surface area contributed by atoms with E-state index < -0.39 is 6.98 Å². The topological polar surface area (TPSA) is 49.2 Å². The smallest absolute Gasteiger partial charge is 0.403 e. The molecule has 0 amide bonds. The van der Waals surface area contributed by atoms with Crippen molar-refractivity contribution in [2.75, 3.05) is 0 Å². The molecule has 2 atom stereocenters. The molecule has 2 fully saturated rings. The van der Waals surface area contributed by atoms with Gasteiger partial charge in [-0.15, -0.1) is 0 Å². The molecule has 98 valence electrons. The predicted molar refractivity (Wildman–Crippen MR) is 68.2 cm³/mol. The lowest BCUT2D eigenvalue weighted by Crippen LogP contribution is -2.41. The molecule has 1 aromatic heterocycles. The Morgan fingerprint density at radius 2 is 2.06 bits per heavy atom. The van der Waals surface area contributed by atoms with Crippen molar-refractivity contribution in [2.24, 2.45) is 6.98 Å². The van der Waals surface area contributed by atoms with E-state index in [1.807, 2.05) is 27.7 Å². The van der Waals surface area contributed by atoms with Crippen molar-refractivity contribution in [3.8, 4) is 0 Å². The second-order valence-corrected chi connectivity index (χ2v) is 6.19. The number of aryl methyl sites for hydroxylation is 1. The molecule has 5 nitrogen and oxygen atoms in total. The molecule has 2 aliphatic rings. The van der Waals surface area contributed by atoms with Gasteiger partial charge in [-0.05, 0) is 34.1 Å². The summed E-state index contributed by atoms with van der Waals surface area (Å²) in [7, 11) is -0.266. The molecule has 0 spiro atoms. The van der Waals surface area contributed by atoms with E-state index in [9.17, 15) is 0 Å². The van der Waals surface area contributed by atoms with Crippen LogP contribution in [0.5, 0.6) is 0 Å². The monoisotopic (exact) mass is 252 g/mol. The van der Waals surface area contributed by atoms with Crippen LogP contribution in [0.4, 0.5) is 0 Å². The molecule has 1 aromatic rings. The van der Waals surface area contributed by atoms with E-state index >= 15 is 0 Å². The van der Waals surface area contributed by atoms with E-state index in [4.69, 9.17) is 13.4 Å². The highest BCUT2D eigenvalue weighted by atomic mass is 16.7. The van der Waals surface area contributed by atoms with Gasteiger partial charge in [0.25, 0.3) is 0 Å². The zero-order valence-electron chi connectivity index (χ0n) is 14.2. The summed E-state index contributed by atoms with van der Waals surface area (Å²) in [6.45, 7) is 5.77. The van der Waals surface area contributed by atoms with Gasteiger partial charge >= 0.3 is 7.12 Å². The summed E-state index contributed by atoms with van der Waals surface area (Å²) in [5.74, 6) is 0.378. The van der Waals surface area contributed by atoms with Gasteiger partial charge < -0.3 is 9.31 Å². The molecule has 18 heavy (non-hydrogen) atoms. The van der Waals surface area contributed by atoms with Crippen LogP contribution in [0.2, 0.25) is 5.82 Å². The van der Waals surface area contributed by atoms with Crippen molar-refractivity contribution in [3.63, 3.8) is 0 Å². The highest BCUT2D eigenvalue weighted by Gasteiger charge is 2.60. The average Bonchev–Trinajstić information content (AvgIpc) is 2.87. The van der Waals surface area contributed by atoms with E-state index in [1.165, 1.54) is 6.20 Å². The lowest BCUT2D eigenvalue weighted by atomic mass is 9.80. The van der Waals surface area contributed by atoms with Crippen molar-refractivity contribution in [3.05, 3.63) is 11.9 Å². The Bertz CT molecular complexity index is 542. The molecule has 1 aliphatic heterocycles. The van der Waals surface area contributed by atoms with Crippen LogP contribution in [-0.4, -0.2) is 33.3 Å². The summed E-state index contributed by atoms with van der Waals surface area (Å²) in [6.07, 6.45) is 2.42. The molecule has 0 aromatic carbocycles. The van der Waals surface area contributed by atoms with Gasteiger partial charge in [-0.3, -0.25) is 0 Å². The van der Waals surface area contributed by atoms with Gasteiger partial charge in [0.1, 0.15) is 0 Å². The standard InChI is InChI=1S/C12H20BN3O2/c1-11(2)12(3,4)18-13(17-11)9-6-8(9)10-7-14-16(5)15-10/h7-9H,6H2,1-5H3/t8-,9-/m0/s1/i5D3. The van der Waals surface area contributed by atoms with Crippen molar-refractivity contribution in [1.82, 2.24) is 15.0 Å². The van der Waals surface area contributed by atoms with Gasteiger partial charge in [0.05, 0.1) is 23.1 Å². The van der Waals surface area contributed by atoms with Gasteiger partial charge in [0, 0.05) is 22.8 Å². The van der Waals surface area contributed by atoms with Crippen molar-refractivity contribution >= 4 is 7.12 Å². The Labute approximate surface area is 112 Å². The molecule has 0 bridgehead atoms. The first-order valence-electron chi connectivity index (χ1n) is 7.80. The predicted octanol–water partition coefficient (Wildman–Crippen LogP) is 1.76. The third-order valence-electron chi connectivity index (χ3n) is 4.35. The number of hydrogen-bond donors (Lipinski definition) is 0. The number of hydrogen-bond acceptors (Lipinski definition) is 4. The van der Waals surface area contributed by atoms with Crippen LogP contribution < -0.4 is 0 Å². The lowest BCUT2D eigenvalue weighted by molar-refractivity contribution is 0.00578. The average molecular weight is 252 g/mol. The van der Waals surface area contributed by atoms with Crippen LogP contribution in [0, 0.1) is 0 Å². The second kappa shape index (κ2) is 3.57. The van der Waals surface area contributed by atoms with E-state index in [0.717, 1.165) is 11.2 Å². The Morgan fingerprint density at radius 3 is 2.61 bits per heavy atom. The summed E-state index contributed by atoms with van der Waals surface area (Å²) in [6, 6.07) is 0. The maximum absolute atomic E-state index is 7.29. The van der Waals surface area contributed by atoms with Gasteiger partial charge in [-0.2, -0.15) is 15.0 Å². The summed E-state index contributed by atoms with van der Waals surface area (Å²) < 4.78 is 33.9. The van der Waals surface area contributed by atoms with E-state index in [0.29, 0.717) is 5.69 Å². The third-order valence-corrected chi connectivity index (χ3v) is 4.35. The van der Waals surface area contributed by atoms with Crippen LogP contribution in [0.25, 0.3) is 0 Å². The van der Waals surface area contributed by atoms with Crippen LogP contribution in [0.15, 0.2) is 6.20 Å². The zero-order chi connectivity index (χ0) is 15.6. The molecular weight excluding hydrogens is 229 g/mol. The fourth-order valence-electron chi connectivity index (χ4n) is 2.36. The summed E-state index contributed by atoms with van der Waals surface area (Å²) in [4.78, 5) is 0.794. The molecule has 0 N–H and O–H groups in total. The van der Waals surface area contributed by atoms with Gasteiger partial charge in [-0.1, -0.05) is 0 Å². The van der Waals surface area contributed by atoms with Gasteiger partial charge in [0.2, 0.25) is 0 Å². The Balaban J connectivity index is 1.69. The third kappa shape index (κ3) is 1.78. The van der Waals surface area contributed by atoms with E-state index in [-0.39, 0.29) is 30.1 Å². The summed E-state index contributed by atoms with van der Waals surface area (Å²) >= 11 is 0. The summed E-state index contributed by atoms with van der Waals surface area (Å²) in [5, 5.41) is 7.90. The van der Waals surface area contributed by atoms with E-state index in [2.05, 4.69) is 10.2 Å². The maximum Gasteiger partial charge on any atom is 0.461 e. The largest absolute Gasteiger partial charge is 0.461 e. The van der Waals surface area contributed by atoms with Crippen LogP contribution >= 0.6 is 0 Å². The molecule has 1 saturated carbocycles. The van der Waals surface area contributed by atoms with Gasteiger partial charge in [-0.25, -0.2) is 0 Å². The quantitative estimate of drug-likeness (QED) is 0.752. The maximum atomic E-state index is 7.29. The molecule has 1 saturated heterocycles. The fraction of sp³-hybridized carbons (Fsp3) is 0.833. The minimum atomic E-state index is -2.33. The zero-order valence-corrected chi connectivity index (χ0v) is 11.2. The molecule has 1 aliphatic carbocycles. The number of aromatic nitrogens is 3. The highest BCUT2D eigenvalue weighted by molar-refractivity contribution is 6.49.